The lowest BCUT2D eigenvalue weighted by atomic mass is 10.1. The first-order valence-corrected chi connectivity index (χ1v) is 10.2. The summed E-state index contributed by atoms with van der Waals surface area (Å²) >= 11 is 5.29. The molecule has 0 unspecified atom stereocenters. The molecule has 0 saturated carbocycles. The van der Waals surface area contributed by atoms with Crippen molar-refractivity contribution in [2.45, 2.75) is 12.8 Å². The first-order chi connectivity index (χ1) is 11.9. The summed E-state index contributed by atoms with van der Waals surface area (Å²) in [5.41, 5.74) is 2.63. The van der Waals surface area contributed by atoms with Gasteiger partial charge in [-0.1, -0.05) is 36.4 Å². The zero-order valence-corrected chi connectivity index (χ0v) is 16.0. The molecule has 0 radical (unpaired) electrons. The second-order valence-electron chi connectivity index (χ2n) is 5.75. The Labute approximate surface area is 155 Å². The van der Waals surface area contributed by atoms with Gasteiger partial charge < -0.3 is 10.6 Å². The Bertz CT molecular complexity index is 808. The third-order valence-electron chi connectivity index (χ3n) is 3.74. The molecule has 0 aliphatic rings. The molecule has 0 aliphatic carbocycles. The third-order valence-corrected chi connectivity index (χ3v) is 5.19. The van der Waals surface area contributed by atoms with Crippen LogP contribution in [-0.4, -0.2) is 33.4 Å². The van der Waals surface area contributed by atoms with Crippen LogP contribution in [0.2, 0.25) is 0 Å². The quantitative estimate of drug-likeness (QED) is 0.574. The molecule has 2 aromatic rings. The van der Waals surface area contributed by atoms with E-state index >= 15 is 0 Å². The highest BCUT2D eigenvalue weighted by Gasteiger charge is 2.12. The van der Waals surface area contributed by atoms with Crippen molar-refractivity contribution in [3.05, 3.63) is 60.2 Å². The SMILES string of the molecule is CN(c1cccc(NC(=S)NCCCc2ccccc2)c1)S(C)(=O)=O. The first kappa shape index (κ1) is 19.2. The van der Waals surface area contributed by atoms with Crippen molar-refractivity contribution in [1.29, 1.82) is 0 Å². The van der Waals surface area contributed by atoms with Crippen LogP contribution in [0, 0.1) is 0 Å². The molecule has 2 rings (SSSR count). The number of benzene rings is 2. The molecular formula is C18H23N3O2S2. The summed E-state index contributed by atoms with van der Waals surface area (Å²) in [6.45, 7) is 0.768. The summed E-state index contributed by atoms with van der Waals surface area (Å²) in [5.74, 6) is 0. The van der Waals surface area contributed by atoms with Crippen LogP contribution in [0.5, 0.6) is 0 Å². The van der Waals surface area contributed by atoms with Crippen LogP contribution < -0.4 is 14.9 Å². The molecule has 0 heterocycles. The number of hydrogen-bond donors (Lipinski definition) is 2. The van der Waals surface area contributed by atoms with E-state index in [1.165, 1.54) is 23.2 Å². The Morgan fingerprint density at radius 2 is 1.84 bits per heavy atom. The van der Waals surface area contributed by atoms with Crippen LogP contribution in [0.4, 0.5) is 11.4 Å². The van der Waals surface area contributed by atoms with Gasteiger partial charge in [-0.15, -0.1) is 0 Å². The fraction of sp³-hybridized carbons (Fsp3) is 0.278. The molecule has 0 atom stereocenters. The molecule has 5 nitrogen and oxygen atoms in total. The van der Waals surface area contributed by atoms with Gasteiger partial charge in [0.1, 0.15) is 0 Å². The zero-order valence-electron chi connectivity index (χ0n) is 14.4. The number of thiocarbonyl (C=S) groups is 1. The molecule has 0 aliphatic heterocycles. The fourth-order valence-electron chi connectivity index (χ4n) is 2.29. The van der Waals surface area contributed by atoms with E-state index in [0.717, 1.165) is 25.1 Å². The Morgan fingerprint density at radius 1 is 1.12 bits per heavy atom. The van der Waals surface area contributed by atoms with Crippen LogP contribution in [0.3, 0.4) is 0 Å². The van der Waals surface area contributed by atoms with E-state index < -0.39 is 10.0 Å². The monoisotopic (exact) mass is 377 g/mol. The highest BCUT2D eigenvalue weighted by Crippen LogP contribution is 2.20. The number of nitrogens with zero attached hydrogens (tertiary/aromatic N) is 1. The minimum absolute atomic E-state index is 0.521. The van der Waals surface area contributed by atoms with Crippen molar-refractivity contribution in [2.24, 2.45) is 0 Å². The summed E-state index contributed by atoms with van der Waals surface area (Å²) in [4.78, 5) is 0. The molecule has 0 amide bonds. The topological polar surface area (TPSA) is 61.4 Å². The number of anilines is 2. The zero-order chi connectivity index (χ0) is 18.3. The van der Waals surface area contributed by atoms with E-state index in [9.17, 15) is 8.42 Å². The second-order valence-corrected chi connectivity index (χ2v) is 8.17. The molecule has 0 fully saturated rings. The molecule has 25 heavy (non-hydrogen) atoms. The Kier molecular flexibility index (Phi) is 6.78. The lowest BCUT2D eigenvalue weighted by molar-refractivity contribution is 0.600. The van der Waals surface area contributed by atoms with Crippen LogP contribution in [0.1, 0.15) is 12.0 Å². The molecule has 0 saturated heterocycles. The number of hydrogen-bond acceptors (Lipinski definition) is 3. The minimum atomic E-state index is -3.29. The molecule has 2 aromatic carbocycles. The highest BCUT2D eigenvalue weighted by molar-refractivity contribution is 7.92. The molecule has 0 aromatic heterocycles. The Morgan fingerprint density at radius 3 is 2.52 bits per heavy atom. The largest absolute Gasteiger partial charge is 0.362 e. The number of aryl methyl sites for hydroxylation is 1. The van der Waals surface area contributed by atoms with E-state index in [4.69, 9.17) is 12.2 Å². The highest BCUT2D eigenvalue weighted by atomic mass is 32.2. The summed E-state index contributed by atoms with van der Waals surface area (Å²) in [5, 5.41) is 6.78. The van der Waals surface area contributed by atoms with E-state index in [-0.39, 0.29) is 0 Å². The number of nitrogens with one attached hydrogen (secondary N) is 2. The molecular weight excluding hydrogens is 354 g/mol. The van der Waals surface area contributed by atoms with Crippen molar-refractivity contribution < 1.29 is 8.42 Å². The van der Waals surface area contributed by atoms with Gasteiger partial charge in [-0.25, -0.2) is 8.42 Å². The average molecular weight is 378 g/mol. The average Bonchev–Trinajstić information content (AvgIpc) is 2.58. The Hall–Kier alpha value is -2.12. The van der Waals surface area contributed by atoms with Crippen LogP contribution in [-0.2, 0) is 16.4 Å². The van der Waals surface area contributed by atoms with Crippen molar-refractivity contribution in [3.63, 3.8) is 0 Å². The van der Waals surface area contributed by atoms with Crippen molar-refractivity contribution in [1.82, 2.24) is 5.32 Å². The lowest BCUT2D eigenvalue weighted by Crippen LogP contribution is -2.29. The maximum Gasteiger partial charge on any atom is 0.231 e. The van der Waals surface area contributed by atoms with Crippen molar-refractivity contribution in [3.8, 4) is 0 Å². The standard InChI is InChI=1S/C18H23N3O2S2/c1-21(25(2,22)23)17-12-6-11-16(14-17)20-18(24)19-13-7-10-15-8-4-3-5-9-15/h3-6,8-9,11-12,14H,7,10,13H2,1-2H3,(H2,19,20,24). The smallest absolute Gasteiger partial charge is 0.231 e. The maximum absolute atomic E-state index is 11.6. The first-order valence-electron chi connectivity index (χ1n) is 7.99. The van der Waals surface area contributed by atoms with Gasteiger partial charge in [0.15, 0.2) is 5.11 Å². The van der Waals surface area contributed by atoms with Gasteiger partial charge in [0, 0.05) is 19.3 Å². The Balaban J connectivity index is 1.82. The van der Waals surface area contributed by atoms with Crippen LogP contribution in [0.25, 0.3) is 0 Å². The van der Waals surface area contributed by atoms with E-state index in [0.29, 0.717) is 10.8 Å². The van der Waals surface area contributed by atoms with Gasteiger partial charge in [-0.05, 0) is 48.8 Å². The van der Waals surface area contributed by atoms with Gasteiger partial charge in [-0.2, -0.15) is 0 Å². The second kappa shape index (κ2) is 8.82. The van der Waals surface area contributed by atoms with Gasteiger partial charge in [0.05, 0.1) is 11.9 Å². The van der Waals surface area contributed by atoms with Gasteiger partial charge in [0.25, 0.3) is 0 Å². The lowest BCUT2D eigenvalue weighted by Gasteiger charge is -2.18. The maximum atomic E-state index is 11.6. The summed E-state index contributed by atoms with van der Waals surface area (Å²) in [6, 6.07) is 17.4. The van der Waals surface area contributed by atoms with Crippen LogP contribution in [0.15, 0.2) is 54.6 Å². The van der Waals surface area contributed by atoms with Crippen molar-refractivity contribution >= 4 is 38.7 Å². The predicted molar refractivity (Wildman–Crippen MR) is 109 cm³/mol. The van der Waals surface area contributed by atoms with Crippen molar-refractivity contribution in [2.75, 3.05) is 29.5 Å². The molecule has 134 valence electrons. The van der Waals surface area contributed by atoms with Crippen LogP contribution >= 0.6 is 12.2 Å². The van der Waals surface area contributed by atoms with Gasteiger partial charge in [-0.3, -0.25) is 4.31 Å². The summed E-state index contributed by atoms with van der Waals surface area (Å²) in [7, 11) is -1.77. The normalized spacial score (nSPS) is 11.0. The third kappa shape index (κ3) is 6.36. The molecule has 7 heteroatoms. The molecule has 2 N–H and O–H groups in total. The predicted octanol–water partition coefficient (Wildman–Crippen LogP) is 3.00. The molecule has 0 bridgehead atoms. The van der Waals surface area contributed by atoms with Gasteiger partial charge >= 0.3 is 0 Å². The number of rotatable bonds is 7. The summed E-state index contributed by atoms with van der Waals surface area (Å²) in [6.07, 6.45) is 3.14. The fourth-order valence-corrected chi connectivity index (χ4v) is 3.00. The van der Waals surface area contributed by atoms with E-state index in [2.05, 4.69) is 22.8 Å². The van der Waals surface area contributed by atoms with Gasteiger partial charge in [0.2, 0.25) is 10.0 Å². The van der Waals surface area contributed by atoms with E-state index in [1.54, 1.807) is 18.2 Å². The number of sulfonamides is 1. The minimum Gasteiger partial charge on any atom is -0.362 e. The summed E-state index contributed by atoms with van der Waals surface area (Å²) < 4.78 is 24.5. The van der Waals surface area contributed by atoms with E-state index in [1.807, 2.05) is 24.3 Å². The molecule has 0 spiro atoms.